The second-order valence-corrected chi connectivity index (χ2v) is 10.9. The Balaban J connectivity index is 3.99. The molecule has 19 nitrogen and oxygen atoms in total. The Bertz CT molecular complexity index is 990. The van der Waals surface area contributed by atoms with Gasteiger partial charge in [0.25, 0.3) is 0 Å². The van der Waals surface area contributed by atoms with E-state index in [9.17, 15) is 38.4 Å². The Morgan fingerprint density at radius 3 is 1.23 bits per heavy atom. The van der Waals surface area contributed by atoms with Crippen molar-refractivity contribution in [3.8, 4) is 0 Å². The van der Waals surface area contributed by atoms with Crippen molar-refractivity contribution in [2.75, 3.05) is 50.8 Å². The van der Waals surface area contributed by atoms with E-state index in [0.29, 0.717) is 39.0 Å². The molecule has 0 aromatic carbocycles. The number of rotatable bonds is 26. The van der Waals surface area contributed by atoms with E-state index in [4.69, 9.17) is 21.7 Å². The number of aliphatic carboxylic acids is 2. The Morgan fingerprint density at radius 2 is 0.915 bits per heavy atom. The van der Waals surface area contributed by atoms with Gasteiger partial charge in [0.05, 0.1) is 13.1 Å². The quantitative estimate of drug-likeness (QED) is 0.0296. The lowest BCUT2D eigenvalue weighted by Gasteiger charge is -2.17. The van der Waals surface area contributed by atoms with Gasteiger partial charge in [-0.1, -0.05) is 0 Å². The number of nitrogens with two attached hydrogens (primary N) is 2. The summed E-state index contributed by atoms with van der Waals surface area (Å²) in [6.45, 7) is 1.16. The van der Waals surface area contributed by atoms with Crippen molar-refractivity contribution >= 4 is 72.6 Å². The standard InChI is InChI=1S/C26H47N9O10S2/c27-15(25(42)43)3-5-19(36)34-17(13-46)23(40)32-11-21(38)30-9-1-7-29-8-2-10-31-22(39)12-33-24(41)18(14-47)35-20(37)6-4-16(28)26(44)45/h15-18,29,46-47H,1-14,27-28H2,(H,30,38)(H,31,39)(H,32,40)(H,33,41)(H,34,36)(H,35,37)(H,42,43)(H,44,45)/t15-,16-,17+,18+/m0/s1. The van der Waals surface area contributed by atoms with Gasteiger partial charge in [-0.2, -0.15) is 25.3 Å². The number of carbonyl (C=O) groups excluding carboxylic acids is 6. The predicted molar refractivity (Wildman–Crippen MR) is 175 cm³/mol. The fraction of sp³-hybridized carbons (Fsp3) is 0.692. The van der Waals surface area contributed by atoms with Crippen molar-refractivity contribution in [1.29, 1.82) is 0 Å². The highest BCUT2D eigenvalue weighted by molar-refractivity contribution is 7.80. The molecule has 21 heteroatoms. The lowest BCUT2D eigenvalue weighted by Crippen LogP contribution is -2.50. The highest BCUT2D eigenvalue weighted by atomic mass is 32.1. The number of nitrogens with one attached hydrogen (secondary N) is 7. The summed E-state index contributed by atoms with van der Waals surface area (Å²) in [6.07, 6.45) is 0.595. The molecule has 4 atom stereocenters. The third kappa shape index (κ3) is 21.7. The van der Waals surface area contributed by atoms with Gasteiger partial charge < -0.3 is 58.9 Å². The van der Waals surface area contributed by atoms with Gasteiger partial charge in [-0.25, -0.2) is 0 Å². The van der Waals surface area contributed by atoms with E-state index in [2.05, 4.69) is 62.5 Å². The first kappa shape index (κ1) is 43.3. The van der Waals surface area contributed by atoms with E-state index >= 15 is 0 Å². The summed E-state index contributed by atoms with van der Waals surface area (Å²) in [6, 6.07) is -4.41. The number of hydrogen-bond acceptors (Lipinski definition) is 13. The van der Waals surface area contributed by atoms with Gasteiger partial charge in [0.2, 0.25) is 35.4 Å². The Hall–Kier alpha value is -3.66. The molecule has 0 aliphatic carbocycles. The van der Waals surface area contributed by atoms with Crippen LogP contribution in [-0.2, 0) is 38.4 Å². The molecule has 13 N–H and O–H groups in total. The molecule has 0 bridgehead atoms. The van der Waals surface area contributed by atoms with E-state index in [1.54, 1.807) is 0 Å². The van der Waals surface area contributed by atoms with Crippen LogP contribution in [0.5, 0.6) is 0 Å². The number of carboxylic acids is 2. The van der Waals surface area contributed by atoms with Crippen LogP contribution in [0.25, 0.3) is 0 Å². The van der Waals surface area contributed by atoms with Crippen LogP contribution in [0.1, 0.15) is 38.5 Å². The minimum atomic E-state index is -1.24. The maximum absolute atomic E-state index is 12.2. The summed E-state index contributed by atoms with van der Waals surface area (Å²) in [5, 5.41) is 35.6. The van der Waals surface area contributed by atoms with Crippen LogP contribution < -0.4 is 48.7 Å². The van der Waals surface area contributed by atoms with Gasteiger partial charge in [-0.15, -0.1) is 0 Å². The average Bonchev–Trinajstić information content (AvgIpc) is 3.03. The van der Waals surface area contributed by atoms with E-state index in [0.717, 1.165) is 0 Å². The molecule has 0 rings (SSSR count). The van der Waals surface area contributed by atoms with Crippen molar-refractivity contribution in [3.63, 3.8) is 0 Å². The number of carboxylic acid groups (broad SMARTS) is 2. The van der Waals surface area contributed by atoms with Gasteiger partial charge in [0, 0.05) is 37.4 Å². The average molecular weight is 710 g/mol. The largest absolute Gasteiger partial charge is 0.480 e. The first-order chi connectivity index (χ1) is 22.2. The normalized spacial score (nSPS) is 13.2. The maximum Gasteiger partial charge on any atom is 0.320 e. The molecule has 0 heterocycles. The van der Waals surface area contributed by atoms with Crippen LogP contribution in [0.4, 0.5) is 0 Å². The second kappa shape index (κ2) is 25.4. The molecule has 6 amide bonds. The molecule has 0 fully saturated rings. The van der Waals surface area contributed by atoms with E-state index in [1.807, 2.05) is 0 Å². The zero-order valence-corrected chi connectivity index (χ0v) is 27.7. The molecule has 0 saturated carbocycles. The minimum Gasteiger partial charge on any atom is -0.480 e. The highest BCUT2D eigenvalue weighted by Gasteiger charge is 2.22. The van der Waals surface area contributed by atoms with Crippen molar-refractivity contribution < 1.29 is 48.6 Å². The minimum absolute atomic E-state index is 0.0374. The van der Waals surface area contributed by atoms with Crippen LogP contribution in [0.15, 0.2) is 0 Å². The maximum atomic E-state index is 12.2. The van der Waals surface area contributed by atoms with Crippen LogP contribution in [0, 0.1) is 0 Å². The van der Waals surface area contributed by atoms with Crippen molar-refractivity contribution in [2.24, 2.45) is 11.5 Å². The highest BCUT2D eigenvalue weighted by Crippen LogP contribution is 1.98. The summed E-state index contributed by atoms with van der Waals surface area (Å²) in [7, 11) is 0. The molecule has 0 aromatic heterocycles. The van der Waals surface area contributed by atoms with Crippen LogP contribution in [-0.4, -0.2) is 133 Å². The Labute approximate surface area is 283 Å². The van der Waals surface area contributed by atoms with E-state index in [1.165, 1.54) is 0 Å². The van der Waals surface area contributed by atoms with Crippen molar-refractivity contribution in [1.82, 2.24) is 37.2 Å². The zero-order valence-electron chi connectivity index (χ0n) is 25.9. The Kier molecular flexibility index (Phi) is 23.5. The molecule has 47 heavy (non-hydrogen) atoms. The van der Waals surface area contributed by atoms with E-state index in [-0.39, 0.29) is 50.3 Å². The number of thiol groups is 2. The molecular weight excluding hydrogens is 662 g/mol. The van der Waals surface area contributed by atoms with Gasteiger partial charge >= 0.3 is 11.9 Å². The van der Waals surface area contributed by atoms with Gasteiger partial charge in [-0.05, 0) is 38.8 Å². The Morgan fingerprint density at radius 1 is 0.553 bits per heavy atom. The number of carbonyl (C=O) groups is 8. The zero-order chi connectivity index (χ0) is 35.8. The monoisotopic (exact) mass is 709 g/mol. The molecule has 268 valence electrons. The first-order valence-corrected chi connectivity index (χ1v) is 16.0. The van der Waals surface area contributed by atoms with Crippen molar-refractivity contribution in [3.05, 3.63) is 0 Å². The number of hydrogen-bond donors (Lipinski definition) is 13. The third-order valence-electron chi connectivity index (χ3n) is 6.22. The van der Waals surface area contributed by atoms with Crippen LogP contribution in [0.2, 0.25) is 0 Å². The smallest absolute Gasteiger partial charge is 0.320 e. The molecule has 0 spiro atoms. The molecule has 0 radical (unpaired) electrons. The van der Waals surface area contributed by atoms with Crippen LogP contribution >= 0.6 is 25.3 Å². The number of amides is 6. The summed E-state index contributed by atoms with van der Waals surface area (Å²) >= 11 is 8.04. The van der Waals surface area contributed by atoms with Crippen molar-refractivity contribution in [2.45, 2.75) is 62.7 Å². The fourth-order valence-electron chi connectivity index (χ4n) is 3.45. The predicted octanol–water partition coefficient (Wildman–Crippen LogP) is -4.97. The third-order valence-corrected chi connectivity index (χ3v) is 6.95. The molecule has 0 aromatic rings. The summed E-state index contributed by atoms with van der Waals surface area (Å²) in [5.41, 5.74) is 10.7. The first-order valence-electron chi connectivity index (χ1n) is 14.8. The molecule has 0 aliphatic rings. The summed E-state index contributed by atoms with van der Waals surface area (Å²) in [5.74, 6) is -5.80. The molecule has 0 aliphatic heterocycles. The van der Waals surface area contributed by atoms with Gasteiger partial charge in [0.15, 0.2) is 0 Å². The second-order valence-electron chi connectivity index (χ2n) is 10.2. The van der Waals surface area contributed by atoms with Gasteiger partial charge in [-0.3, -0.25) is 38.4 Å². The molecule has 0 saturated heterocycles. The lowest BCUT2D eigenvalue weighted by atomic mass is 10.1. The molecule has 0 unspecified atom stereocenters. The SMILES string of the molecule is N[C@@H](CCC(=O)N[C@H](CS)C(=O)NCC(=O)NCCCNCCCNC(=O)CNC(=O)[C@@H](CS)NC(=O)CC[C@H](N)C(=O)O)C(=O)O. The molecular formula is C26H47N9O10S2. The van der Waals surface area contributed by atoms with Crippen LogP contribution in [0.3, 0.4) is 0 Å². The van der Waals surface area contributed by atoms with E-state index < -0.39 is 71.5 Å². The lowest BCUT2D eigenvalue weighted by molar-refractivity contribution is -0.140. The van der Waals surface area contributed by atoms with Gasteiger partial charge in [0.1, 0.15) is 24.2 Å². The summed E-state index contributed by atoms with van der Waals surface area (Å²) in [4.78, 5) is 93.8. The summed E-state index contributed by atoms with van der Waals surface area (Å²) < 4.78 is 0. The fourth-order valence-corrected chi connectivity index (χ4v) is 3.97. The topological polar surface area (TPSA) is 313 Å².